The van der Waals surface area contributed by atoms with Gasteiger partial charge in [0.2, 0.25) is 0 Å². The minimum absolute atomic E-state index is 0.116. The number of amides is 1. The van der Waals surface area contributed by atoms with Gasteiger partial charge in [-0.25, -0.2) is 18.6 Å². The number of piperidine rings is 1. The van der Waals surface area contributed by atoms with E-state index in [-0.39, 0.29) is 19.5 Å². The number of carbonyl (C=O) groups excluding carboxylic acids is 1. The molecule has 24 heavy (non-hydrogen) atoms. The molecule has 5 nitrogen and oxygen atoms in total. The molecule has 1 amide bonds. The number of hydrogen-bond donors (Lipinski definition) is 1. The van der Waals surface area contributed by atoms with E-state index in [1.54, 1.807) is 33.0 Å². The number of pyridine rings is 1. The van der Waals surface area contributed by atoms with Crippen LogP contribution in [0.25, 0.3) is 0 Å². The summed E-state index contributed by atoms with van der Waals surface area (Å²) >= 11 is 0. The molecule has 1 atom stereocenters. The zero-order chi connectivity index (χ0) is 18.0. The van der Waals surface area contributed by atoms with E-state index in [4.69, 9.17) is 4.74 Å². The van der Waals surface area contributed by atoms with Crippen molar-refractivity contribution < 1.29 is 18.3 Å². The number of rotatable bonds is 3. The standard InChI is InChI=1S/C17H25F2N3O2/c1-12-5-6-14(20-9-12)21-10-13-7-8-22(11-17(13,18)19)15(23)24-16(2,3)4/h5-6,9,13H,7-8,10-11H2,1-4H3,(H,20,21)/t13-/m1/s1. The van der Waals surface area contributed by atoms with Gasteiger partial charge in [-0.2, -0.15) is 0 Å². The minimum Gasteiger partial charge on any atom is -0.444 e. The van der Waals surface area contributed by atoms with Crippen molar-refractivity contribution in [3.63, 3.8) is 0 Å². The summed E-state index contributed by atoms with van der Waals surface area (Å²) in [6.07, 6.45) is 1.21. The SMILES string of the molecule is Cc1ccc(NC[C@H]2CCN(C(=O)OC(C)(C)C)CC2(F)F)nc1. The highest BCUT2D eigenvalue weighted by Crippen LogP contribution is 2.33. The van der Waals surface area contributed by atoms with E-state index in [9.17, 15) is 13.6 Å². The fourth-order valence-electron chi connectivity index (χ4n) is 2.52. The third-order valence-electron chi connectivity index (χ3n) is 3.84. The predicted octanol–water partition coefficient (Wildman–Crippen LogP) is 3.69. The summed E-state index contributed by atoms with van der Waals surface area (Å²) in [5.74, 6) is -3.24. The molecule has 0 saturated carbocycles. The van der Waals surface area contributed by atoms with Gasteiger partial charge in [-0.05, 0) is 45.7 Å². The van der Waals surface area contributed by atoms with Crippen LogP contribution in [0.5, 0.6) is 0 Å². The number of carbonyl (C=O) groups is 1. The van der Waals surface area contributed by atoms with Gasteiger partial charge in [0.1, 0.15) is 11.4 Å². The number of ether oxygens (including phenoxy) is 1. The Kier molecular flexibility index (Phi) is 5.30. The smallest absolute Gasteiger partial charge is 0.410 e. The largest absolute Gasteiger partial charge is 0.444 e. The summed E-state index contributed by atoms with van der Waals surface area (Å²) in [5.41, 5.74) is 0.318. The van der Waals surface area contributed by atoms with E-state index in [1.165, 1.54) is 0 Å². The summed E-state index contributed by atoms with van der Waals surface area (Å²) in [4.78, 5) is 17.2. The molecule has 0 aromatic carbocycles. The number of alkyl halides is 2. The number of nitrogens with one attached hydrogen (secondary N) is 1. The predicted molar refractivity (Wildman–Crippen MR) is 88.3 cm³/mol. The van der Waals surface area contributed by atoms with Crippen LogP contribution in [0.1, 0.15) is 32.8 Å². The lowest BCUT2D eigenvalue weighted by atomic mass is 9.93. The maximum Gasteiger partial charge on any atom is 0.410 e. The first kappa shape index (κ1) is 18.4. The number of hydrogen-bond acceptors (Lipinski definition) is 4. The Hall–Kier alpha value is -1.92. The molecule has 1 aromatic heterocycles. The van der Waals surface area contributed by atoms with Crippen LogP contribution >= 0.6 is 0 Å². The molecule has 0 radical (unpaired) electrons. The van der Waals surface area contributed by atoms with Crippen molar-refractivity contribution >= 4 is 11.9 Å². The molecule has 7 heteroatoms. The molecule has 1 aliphatic rings. The second-order valence-corrected chi connectivity index (χ2v) is 7.25. The van der Waals surface area contributed by atoms with Crippen LogP contribution < -0.4 is 5.32 Å². The summed E-state index contributed by atoms with van der Waals surface area (Å²) in [7, 11) is 0. The van der Waals surface area contributed by atoms with Gasteiger partial charge >= 0.3 is 6.09 Å². The molecule has 2 rings (SSSR count). The number of aryl methyl sites for hydroxylation is 1. The summed E-state index contributed by atoms with van der Waals surface area (Å²) in [5, 5.41) is 2.95. The fraction of sp³-hybridized carbons (Fsp3) is 0.647. The van der Waals surface area contributed by atoms with Gasteiger partial charge < -0.3 is 15.0 Å². The molecule has 1 N–H and O–H groups in total. The van der Waals surface area contributed by atoms with Gasteiger partial charge in [0.05, 0.1) is 6.54 Å². The maximum absolute atomic E-state index is 14.4. The number of likely N-dealkylation sites (tertiary alicyclic amines) is 1. The van der Waals surface area contributed by atoms with E-state index < -0.39 is 30.1 Å². The highest BCUT2D eigenvalue weighted by Gasteiger charge is 2.46. The number of nitrogens with zero attached hydrogens (tertiary/aromatic N) is 2. The quantitative estimate of drug-likeness (QED) is 0.911. The van der Waals surface area contributed by atoms with Crippen molar-refractivity contribution in [3.8, 4) is 0 Å². The molecular formula is C17H25F2N3O2. The lowest BCUT2D eigenvalue weighted by Crippen LogP contribution is -2.53. The monoisotopic (exact) mass is 341 g/mol. The van der Waals surface area contributed by atoms with E-state index in [2.05, 4.69) is 10.3 Å². The van der Waals surface area contributed by atoms with Gasteiger partial charge in [-0.15, -0.1) is 0 Å². The third-order valence-corrected chi connectivity index (χ3v) is 3.84. The average molecular weight is 341 g/mol. The van der Waals surface area contributed by atoms with E-state index in [0.29, 0.717) is 5.82 Å². The zero-order valence-corrected chi connectivity index (χ0v) is 14.6. The first-order valence-electron chi connectivity index (χ1n) is 8.09. The summed E-state index contributed by atoms with van der Waals surface area (Å²) < 4.78 is 33.9. The van der Waals surface area contributed by atoms with Crippen molar-refractivity contribution in [2.24, 2.45) is 5.92 Å². The number of halogens is 2. The van der Waals surface area contributed by atoms with Crippen molar-refractivity contribution in [2.45, 2.75) is 45.6 Å². The van der Waals surface area contributed by atoms with Gasteiger partial charge in [-0.3, -0.25) is 0 Å². The van der Waals surface area contributed by atoms with Crippen molar-refractivity contribution in [1.82, 2.24) is 9.88 Å². The van der Waals surface area contributed by atoms with Crippen LogP contribution in [0.3, 0.4) is 0 Å². The van der Waals surface area contributed by atoms with Crippen LogP contribution in [0.2, 0.25) is 0 Å². The van der Waals surface area contributed by atoms with Gasteiger partial charge in [0.25, 0.3) is 5.92 Å². The molecule has 0 bridgehead atoms. The summed E-state index contributed by atoms with van der Waals surface area (Å²) in [6.45, 7) is 6.83. The highest BCUT2D eigenvalue weighted by molar-refractivity contribution is 5.68. The zero-order valence-electron chi connectivity index (χ0n) is 14.6. The van der Waals surface area contributed by atoms with Gasteiger partial charge in [-0.1, -0.05) is 6.07 Å². The minimum atomic E-state index is -2.97. The molecule has 1 aromatic rings. The highest BCUT2D eigenvalue weighted by atomic mass is 19.3. The van der Waals surface area contributed by atoms with E-state index in [0.717, 1.165) is 10.5 Å². The lowest BCUT2D eigenvalue weighted by molar-refractivity contribution is -0.106. The fourth-order valence-corrected chi connectivity index (χ4v) is 2.52. The Morgan fingerprint density at radius 3 is 2.71 bits per heavy atom. The Morgan fingerprint density at radius 2 is 2.17 bits per heavy atom. The molecule has 0 aliphatic carbocycles. The molecule has 1 fully saturated rings. The van der Waals surface area contributed by atoms with Crippen LogP contribution in [0.4, 0.5) is 19.4 Å². The Morgan fingerprint density at radius 1 is 1.46 bits per heavy atom. The Balaban J connectivity index is 1.91. The molecule has 134 valence electrons. The normalized spacial score (nSPS) is 20.6. The lowest BCUT2D eigenvalue weighted by Gasteiger charge is -2.38. The summed E-state index contributed by atoms with van der Waals surface area (Å²) in [6, 6.07) is 3.64. The Bertz CT molecular complexity index is 570. The van der Waals surface area contributed by atoms with E-state index in [1.807, 2.05) is 13.0 Å². The van der Waals surface area contributed by atoms with Crippen LogP contribution in [-0.4, -0.2) is 47.1 Å². The van der Waals surface area contributed by atoms with Gasteiger partial charge in [0, 0.05) is 25.2 Å². The third kappa shape index (κ3) is 5.04. The van der Waals surface area contributed by atoms with E-state index >= 15 is 0 Å². The topological polar surface area (TPSA) is 54.5 Å². The molecule has 0 spiro atoms. The second kappa shape index (κ2) is 6.91. The molecule has 1 saturated heterocycles. The first-order valence-corrected chi connectivity index (χ1v) is 8.09. The molecular weight excluding hydrogens is 316 g/mol. The van der Waals surface area contributed by atoms with Crippen LogP contribution in [0, 0.1) is 12.8 Å². The maximum atomic E-state index is 14.4. The second-order valence-electron chi connectivity index (χ2n) is 7.25. The molecule has 1 aliphatic heterocycles. The number of aromatic nitrogens is 1. The first-order chi connectivity index (χ1) is 11.1. The average Bonchev–Trinajstić information content (AvgIpc) is 2.45. The van der Waals surface area contributed by atoms with Crippen LogP contribution in [-0.2, 0) is 4.74 Å². The Labute approximate surface area is 141 Å². The van der Waals surface area contributed by atoms with Crippen molar-refractivity contribution in [3.05, 3.63) is 23.9 Å². The van der Waals surface area contributed by atoms with Crippen molar-refractivity contribution in [1.29, 1.82) is 0 Å². The van der Waals surface area contributed by atoms with Gasteiger partial charge in [0.15, 0.2) is 0 Å². The number of anilines is 1. The van der Waals surface area contributed by atoms with Crippen LogP contribution in [0.15, 0.2) is 18.3 Å². The molecule has 0 unspecified atom stereocenters. The molecule has 2 heterocycles. The van der Waals surface area contributed by atoms with Crippen molar-refractivity contribution in [2.75, 3.05) is 25.0 Å².